The monoisotopic (exact) mass is 212 g/mol. The Labute approximate surface area is 89.5 Å². The molecule has 13 heavy (non-hydrogen) atoms. The van der Waals surface area contributed by atoms with Crippen molar-refractivity contribution in [1.82, 2.24) is 0 Å². The van der Waals surface area contributed by atoms with Gasteiger partial charge in [0.15, 0.2) is 17.4 Å². The van der Waals surface area contributed by atoms with E-state index in [1.165, 1.54) is 6.92 Å². The van der Waals surface area contributed by atoms with Crippen LogP contribution in [0.15, 0.2) is 0 Å². The second kappa shape index (κ2) is 22.6. The second-order valence-corrected chi connectivity index (χ2v) is 1.96. The van der Waals surface area contributed by atoms with Crippen LogP contribution in [-0.4, -0.2) is 65.6 Å². The number of aliphatic hydroxyl groups excluding tert-OH is 2. The van der Waals surface area contributed by atoms with Crippen LogP contribution in [0.4, 0.5) is 0 Å². The van der Waals surface area contributed by atoms with Gasteiger partial charge in [-0.05, 0) is 6.92 Å². The number of carboxylic acid groups (broad SMARTS) is 1. The number of rotatable bonds is 1. The molecule has 0 aliphatic rings. The minimum atomic E-state index is -0.833. The van der Waals surface area contributed by atoms with E-state index in [-0.39, 0.29) is 24.0 Å². The lowest BCUT2D eigenvalue weighted by atomic mass is 10.5. The molecule has 0 aliphatic heterocycles. The standard InChI is InChI=1S/C3H8O2.C2H4O2.C2H6O.Al.3H/c1-3(5)2-4;1-2(3)4;1-3-2;;;;/h3-5H,2H2,1H3;1H3,(H,3,4);1-2H3;;;;. The minimum Gasteiger partial charge on any atom is -0.481 e. The Bertz CT molecular complexity index is 83.0. The number of ether oxygens (including phenoxy) is 1. The van der Waals surface area contributed by atoms with Crippen molar-refractivity contribution in [2.75, 3.05) is 20.8 Å². The topological polar surface area (TPSA) is 87.0 Å². The molecule has 0 aromatic rings. The maximum absolute atomic E-state index is 9.00. The van der Waals surface area contributed by atoms with Crippen molar-refractivity contribution in [2.45, 2.75) is 20.0 Å². The molecule has 5 nitrogen and oxygen atoms in total. The number of hydrogen-bond acceptors (Lipinski definition) is 4. The van der Waals surface area contributed by atoms with Gasteiger partial charge in [0.1, 0.15) is 0 Å². The summed E-state index contributed by atoms with van der Waals surface area (Å²) < 4.78 is 4.25. The third kappa shape index (κ3) is 327. The molecule has 3 N–H and O–H groups in total. The van der Waals surface area contributed by atoms with Crippen LogP contribution in [-0.2, 0) is 9.53 Å². The molecule has 6 heteroatoms. The Morgan fingerprint density at radius 3 is 1.54 bits per heavy atom. The predicted octanol–water partition coefficient (Wildman–Crippen LogP) is -1.47. The van der Waals surface area contributed by atoms with Crippen molar-refractivity contribution in [3.05, 3.63) is 0 Å². The van der Waals surface area contributed by atoms with Gasteiger partial charge in [0, 0.05) is 21.1 Å². The fourth-order valence-corrected chi connectivity index (χ4v) is 0. The average molecular weight is 212 g/mol. The summed E-state index contributed by atoms with van der Waals surface area (Å²) in [5.74, 6) is -0.833. The van der Waals surface area contributed by atoms with Crippen LogP contribution in [0, 0.1) is 0 Å². The maximum Gasteiger partial charge on any atom is 0.300 e. The Hall–Kier alpha value is -0.118. The van der Waals surface area contributed by atoms with Crippen LogP contribution in [0.25, 0.3) is 0 Å². The van der Waals surface area contributed by atoms with Crippen molar-refractivity contribution in [3.8, 4) is 0 Å². The van der Waals surface area contributed by atoms with E-state index in [0.29, 0.717) is 0 Å². The van der Waals surface area contributed by atoms with Crippen molar-refractivity contribution in [3.63, 3.8) is 0 Å². The fraction of sp³-hybridized carbons (Fsp3) is 0.857. The SMILES string of the molecule is CC(=O)O.CC(O)CO.COC.[AlH3]. The first kappa shape index (κ1) is 23.1. The highest BCUT2D eigenvalue weighted by atomic mass is 27.0. The maximum atomic E-state index is 9.00. The first-order chi connectivity index (χ1) is 5.42. The summed E-state index contributed by atoms with van der Waals surface area (Å²) >= 11 is 0. The Kier molecular flexibility index (Phi) is 40.2. The van der Waals surface area contributed by atoms with Gasteiger partial charge in [-0.15, -0.1) is 0 Å². The molecule has 0 rings (SSSR count). The van der Waals surface area contributed by atoms with Crippen LogP contribution in [0.3, 0.4) is 0 Å². The van der Waals surface area contributed by atoms with Gasteiger partial charge in [-0.2, -0.15) is 0 Å². The highest BCUT2D eigenvalue weighted by molar-refractivity contribution is 5.75. The summed E-state index contributed by atoms with van der Waals surface area (Å²) in [4.78, 5) is 9.00. The zero-order chi connectivity index (χ0) is 10.6. The quantitative estimate of drug-likeness (QED) is 0.462. The smallest absolute Gasteiger partial charge is 0.300 e. The van der Waals surface area contributed by atoms with Gasteiger partial charge in [-0.1, -0.05) is 0 Å². The second-order valence-electron chi connectivity index (χ2n) is 1.96. The fourth-order valence-electron chi connectivity index (χ4n) is 0. The summed E-state index contributed by atoms with van der Waals surface area (Å²) in [6.45, 7) is 2.47. The Morgan fingerprint density at radius 1 is 1.46 bits per heavy atom. The summed E-state index contributed by atoms with van der Waals surface area (Å²) in [6.07, 6.45) is -0.560. The molecule has 0 fully saturated rings. The summed E-state index contributed by atoms with van der Waals surface area (Å²) in [7, 11) is 3.25. The Morgan fingerprint density at radius 2 is 1.54 bits per heavy atom. The third-order valence-corrected chi connectivity index (χ3v) is 0.264. The third-order valence-electron chi connectivity index (χ3n) is 0.264. The van der Waals surface area contributed by atoms with E-state index in [0.717, 1.165) is 6.92 Å². The van der Waals surface area contributed by atoms with E-state index in [1.807, 2.05) is 0 Å². The van der Waals surface area contributed by atoms with Crippen LogP contribution >= 0.6 is 0 Å². The van der Waals surface area contributed by atoms with E-state index < -0.39 is 12.1 Å². The van der Waals surface area contributed by atoms with Crippen molar-refractivity contribution >= 4 is 23.3 Å². The van der Waals surface area contributed by atoms with Crippen LogP contribution < -0.4 is 0 Å². The number of carboxylic acids is 1. The number of aliphatic carboxylic acids is 1. The zero-order valence-corrected chi connectivity index (χ0v) is 7.94. The summed E-state index contributed by atoms with van der Waals surface area (Å²) in [6, 6.07) is 0. The summed E-state index contributed by atoms with van der Waals surface area (Å²) in [5.41, 5.74) is 0. The summed E-state index contributed by atoms with van der Waals surface area (Å²) in [5, 5.41) is 23.4. The molecule has 0 heterocycles. The molecular formula is C7H21AlO5. The lowest BCUT2D eigenvalue weighted by Crippen LogP contribution is -2.03. The molecule has 1 atom stereocenters. The molecule has 1 unspecified atom stereocenters. The zero-order valence-electron chi connectivity index (χ0n) is 7.94. The molecule has 0 aromatic heterocycles. The number of hydrogen-bond donors (Lipinski definition) is 3. The molecule has 0 saturated heterocycles. The van der Waals surface area contributed by atoms with Crippen molar-refractivity contribution in [2.24, 2.45) is 0 Å². The molecule has 82 valence electrons. The molecular weight excluding hydrogens is 191 g/mol. The normalized spacial score (nSPS) is 9.08. The van der Waals surface area contributed by atoms with E-state index in [4.69, 9.17) is 20.1 Å². The predicted molar refractivity (Wildman–Crippen MR) is 54.9 cm³/mol. The van der Waals surface area contributed by atoms with Crippen LogP contribution in [0.1, 0.15) is 13.8 Å². The molecule has 0 aromatic carbocycles. The number of methoxy groups -OCH3 is 1. The van der Waals surface area contributed by atoms with Crippen molar-refractivity contribution < 1.29 is 24.9 Å². The lowest BCUT2D eigenvalue weighted by molar-refractivity contribution is -0.134. The van der Waals surface area contributed by atoms with Gasteiger partial charge in [0.05, 0.1) is 12.7 Å². The van der Waals surface area contributed by atoms with Crippen LogP contribution in [0.5, 0.6) is 0 Å². The van der Waals surface area contributed by atoms with Gasteiger partial charge in [-0.3, -0.25) is 4.79 Å². The lowest BCUT2D eigenvalue weighted by Gasteiger charge is -1.90. The van der Waals surface area contributed by atoms with Gasteiger partial charge in [-0.25, -0.2) is 0 Å². The van der Waals surface area contributed by atoms with E-state index in [9.17, 15) is 0 Å². The molecule has 0 saturated carbocycles. The number of aliphatic hydroxyl groups is 2. The molecule has 0 bridgehead atoms. The molecule has 0 amide bonds. The van der Waals surface area contributed by atoms with Gasteiger partial charge >= 0.3 is 0 Å². The minimum absolute atomic E-state index is 0. The molecule has 0 spiro atoms. The van der Waals surface area contributed by atoms with E-state index >= 15 is 0 Å². The van der Waals surface area contributed by atoms with E-state index in [1.54, 1.807) is 14.2 Å². The molecule has 0 radical (unpaired) electrons. The van der Waals surface area contributed by atoms with Crippen LogP contribution in [0.2, 0.25) is 0 Å². The largest absolute Gasteiger partial charge is 0.481 e. The van der Waals surface area contributed by atoms with E-state index in [2.05, 4.69) is 4.74 Å². The Balaban J connectivity index is -0.0000000465. The molecule has 0 aliphatic carbocycles. The highest BCUT2D eigenvalue weighted by Crippen LogP contribution is 1.68. The van der Waals surface area contributed by atoms with Gasteiger partial charge < -0.3 is 20.1 Å². The first-order valence-electron chi connectivity index (χ1n) is 3.30. The first-order valence-corrected chi connectivity index (χ1v) is 3.30. The highest BCUT2D eigenvalue weighted by Gasteiger charge is 1.83. The van der Waals surface area contributed by atoms with Gasteiger partial charge in [0.2, 0.25) is 0 Å². The average Bonchev–Trinajstić information content (AvgIpc) is 1.88. The number of carbonyl (C=O) groups is 1. The van der Waals surface area contributed by atoms with Gasteiger partial charge in [0.25, 0.3) is 5.97 Å². The van der Waals surface area contributed by atoms with Crippen molar-refractivity contribution in [1.29, 1.82) is 0 Å².